The highest BCUT2D eigenvalue weighted by atomic mass is 32.2. The second-order valence-corrected chi connectivity index (χ2v) is 7.36. The number of nitrogens with zero attached hydrogens (tertiary/aromatic N) is 2. The molecule has 0 bridgehead atoms. The van der Waals surface area contributed by atoms with E-state index in [1.165, 1.54) is 15.6 Å². The molecule has 0 aromatic carbocycles. The zero-order chi connectivity index (χ0) is 13.9. The topological polar surface area (TPSA) is 88.3 Å². The molecule has 0 aliphatic carbocycles. The molecule has 3 N–H and O–H groups in total. The Morgan fingerprint density at radius 1 is 1.58 bits per heavy atom. The van der Waals surface area contributed by atoms with E-state index in [1.54, 1.807) is 0 Å². The van der Waals surface area contributed by atoms with Gasteiger partial charge >= 0.3 is 0 Å². The molecule has 1 unspecified atom stereocenters. The maximum atomic E-state index is 12.3. The third-order valence-electron chi connectivity index (χ3n) is 3.23. The van der Waals surface area contributed by atoms with E-state index >= 15 is 0 Å². The van der Waals surface area contributed by atoms with Gasteiger partial charge in [0.25, 0.3) is 10.2 Å². The second-order valence-electron chi connectivity index (χ2n) is 4.70. The minimum Gasteiger partial charge on any atom is -0.329 e. The molecule has 1 fully saturated rings. The maximum Gasteiger partial charge on any atom is 0.280 e. The summed E-state index contributed by atoms with van der Waals surface area (Å²) in [6.45, 7) is 3.06. The molecule has 1 aliphatic rings. The molecular weight excluding hydrogens is 284 g/mol. The molecule has 0 saturated carbocycles. The van der Waals surface area contributed by atoms with Crippen molar-refractivity contribution in [2.75, 3.05) is 13.1 Å². The number of aryl methyl sites for hydroxylation is 1. The van der Waals surface area contributed by atoms with Gasteiger partial charge in [-0.25, -0.2) is 4.98 Å². The highest BCUT2D eigenvalue weighted by molar-refractivity contribution is 7.87. The summed E-state index contributed by atoms with van der Waals surface area (Å²) in [7, 11) is -3.46. The third-order valence-corrected chi connectivity index (χ3v) is 5.80. The number of thiazole rings is 1. The summed E-state index contributed by atoms with van der Waals surface area (Å²) in [5, 5.41) is 2.69. The summed E-state index contributed by atoms with van der Waals surface area (Å²) in [4.78, 5) is 4.25. The minimum absolute atomic E-state index is 0.0794. The quantitative estimate of drug-likeness (QED) is 0.834. The highest BCUT2D eigenvalue weighted by Gasteiger charge is 2.31. The summed E-state index contributed by atoms with van der Waals surface area (Å²) in [6, 6.07) is -0.0794. The Balaban J connectivity index is 2.00. The molecule has 8 heteroatoms. The summed E-state index contributed by atoms with van der Waals surface area (Å²) in [5.41, 5.74) is 6.57. The van der Waals surface area contributed by atoms with Crippen LogP contribution in [0.25, 0.3) is 0 Å². The molecule has 2 heterocycles. The number of rotatable bonds is 5. The fourth-order valence-corrected chi connectivity index (χ4v) is 4.49. The van der Waals surface area contributed by atoms with E-state index < -0.39 is 10.2 Å². The van der Waals surface area contributed by atoms with E-state index in [4.69, 9.17) is 5.73 Å². The predicted molar refractivity (Wildman–Crippen MR) is 76.0 cm³/mol. The van der Waals surface area contributed by atoms with Gasteiger partial charge < -0.3 is 5.73 Å². The Bertz CT molecular complexity index is 515. The molecule has 0 spiro atoms. The van der Waals surface area contributed by atoms with E-state index in [-0.39, 0.29) is 12.6 Å². The van der Waals surface area contributed by atoms with Crippen LogP contribution < -0.4 is 10.5 Å². The minimum atomic E-state index is -3.46. The SMILES string of the molecule is Cc1csc(CNS(=O)(=O)N2CCCCC2CN)n1. The molecule has 1 aromatic heterocycles. The Morgan fingerprint density at radius 3 is 3.00 bits per heavy atom. The van der Waals surface area contributed by atoms with E-state index in [0.29, 0.717) is 13.1 Å². The summed E-state index contributed by atoms with van der Waals surface area (Å²) in [5.74, 6) is 0. The van der Waals surface area contributed by atoms with Crippen LogP contribution in [-0.2, 0) is 16.8 Å². The van der Waals surface area contributed by atoms with Crippen molar-refractivity contribution >= 4 is 21.5 Å². The van der Waals surface area contributed by atoms with Crippen molar-refractivity contribution in [3.63, 3.8) is 0 Å². The number of nitrogens with one attached hydrogen (secondary N) is 1. The maximum absolute atomic E-state index is 12.3. The number of hydrogen-bond acceptors (Lipinski definition) is 5. The summed E-state index contributed by atoms with van der Waals surface area (Å²) >= 11 is 1.46. The van der Waals surface area contributed by atoms with Gasteiger partial charge in [0.15, 0.2) is 0 Å². The predicted octanol–water partition coefficient (Wildman–Crippen LogP) is 0.599. The average Bonchev–Trinajstić information content (AvgIpc) is 2.82. The molecule has 0 radical (unpaired) electrons. The Hall–Kier alpha value is -0.540. The van der Waals surface area contributed by atoms with Gasteiger partial charge in [0, 0.05) is 30.2 Å². The van der Waals surface area contributed by atoms with Crippen LogP contribution in [0.4, 0.5) is 0 Å². The van der Waals surface area contributed by atoms with Gasteiger partial charge in [-0.1, -0.05) is 6.42 Å². The monoisotopic (exact) mass is 304 g/mol. The van der Waals surface area contributed by atoms with Crippen molar-refractivity contribution in [3.05, 3.63) is 16.1 Å². The molecule has 1 atom stereocenters. The van der Waals surface area contributed by atoms with Crippen LogP contribution in [0.15, 0.2) is 5.38 Å². The first-order chi connectivity index (χ1) is 9.03. The van der Waals surface area contributed by atoms with Crippen molar-refractivity contribution in [2.24, 2.45) is 5.73 Å². The summed E-state index contributed by atoms with van der Waals surface area (Å²) in [6.07, 6.45) is 2.78. The van der Waals surface area contributed by atoms with Crippen LogP contribution in [0.5, 0.6) is 0 Å². The summed E-state index contributed by atoms with van der Waals surface area (Å²) < 4.78 is 28.7. The zero-order valence-corrected chi connectivity index (χ0v) is 12.6. The van der Waals surface area contributed by atoms with Gasteiger partial charge in [0.05, 0.1) is 6.54 Å². The van der Waals surface area contributed by atoms with E-state index in [1.807, 2.05) is 12.3 Å². The van der Waals surface area contributed by atoms with Crippen molar-refractivity contribution in [3.8, 4) is 0 Å². The molecule has 1 aromatic rings. The van der Waals surface area contributed by atoms with Crippen LogP contribution in [0.3, 0.4) is 0 Å². The normalized spacial score (nSPS) is 21.7. The van der Waals surface area contributed by atoms with E-state index in [0.717, 1.165) is 30.0 Å². The van der Waals surface area contributed by atoms with Crippen molar-refractivity contribution in [1.29, 1.82) is 0 Å². The Morgan fingerprint density at radius 2 is 2.37 bits per heavy atom. The Kier molecular flexibility index (Phi) is 4.91. The molecular formula is C11H20N4O2S2. The van der Waals surface area contributed by atoms with Gasteiger partial charge in [-0.15, -0.1) is 11.3 Å². The fourth-order valence-electron chi connectivity index (χ4n) is 2.25. The lowest BCUT2D eigenvalue weighted by Gasteiger charge is -2.33. The standard InChI is InChI=1S/C11H20N4O2S2/c1-9-8-18-11(14-9)7-13-19(16,17)15-5-3-2-4-10(15)6-12/h8,10,13H,2-7,12H2,1H3. The number of hydrogen-bond donors (Lipinski definition) is 2. The van der Waals surface area contributed by atoms with Gasteiger partial charge in [-0.3, -0.25) is 0 Å². The van der Waals surface area contributed by atoms with Crippen molar-refractivity contribution in [2.45, 2.75) is 38.8 Å². The zero-order valence-electron chi connectivity index (χ0n) is 11.0. The highest BCUT2D eigenvalue weighted by Crippen LogP contribution is 2.19. The fraction of sp³-hybridized carbons (Fsp3) is 0.727. The number of aromatic nitrogens is 1. The Labute approximate surface area is 118 Å². The van der Waals surface area contributed by atoms with Crippen LogP contribution in [0, 0.1) is 6.92 Å². The number of piperidine rings is 1. The molecule has 19 heavy (non-hydrogen) atoms. The van der Waals surface area contributed by atoms with Crippen molar-refractivity contribution in [1.82, 2.24) is 14.0 Å². The average molecular weight is 304 g/mol. The molecule has 0 amide bonds. The molecule has 1 saturated heterocycles. The van der Waals surface area contributed by atoms with Crippen LogP contribution in [0.1, 0.15) is 30.0 Å². The molecule has 108 valence electrons. The smallest absolute Gasteiger partial charge is 0.280 e. The number of nitrogens with two attached hydrogens (primary N) is 1. The third kappa shape index (κ3) is 3.73. The lowest BCUT2D eigenvalue weighted by molar-refractivity contribution is 0.254. The molecule has 1 aliphatic heterocycles. The van der Waals surface area contributed by atoms with Crippen LogP contribution in [0.2, 0.25) is 0 Å². The van der Waals surface area contributed by atoms with Gasteiger partial charge in [-0.05, 0) is 19.8 Å². The molecule has 2 rings (SSSR count). The molecule has 6 nitrogen and oxygen atoms in total. The van der Waals surface area contributed by atoms with Gasteiger partial charge in [-0.2, -0.15) is 17.4 Å². The largest absolute Gasteiger partial charge is 0.329 e. The lowest BCUT2D eigenvalue weighted by Crippen LogP contribution is -2.51. The van der Waals surface area contributed by atoms with Crippen molar-refractivity contribution < 1.29 is 8.42 Å². The van der Waals surface area contributed by atoms with E-state index in [2.05, 4.69) is 9.71 Å². The first kappa shape index (κ1) is 14.9. The van der Waals surface area contributed by atoms with Crippen LogP contribution in [-0.4, -0.2) is 36.8 Å². The lowest BCUT2D eigenvalue weighted by atomic mass is 10.1. The van der Waals surface area contributed by atoms with Crippen LogP contribution >= 0.6 is 11.3 Å². The first-order valence-electron chi connectivity index (χ1n) is 6.40. The van der Waals surface area contributed by atoms with Gasteiger partial charge in [0.2, 0.25) is 0 Å². The van der Waals surface area contributed by atoms with Gasteiger partial charge in [0.1, 0.15) is 5.01 Å². The van der Waals surface area contributed by atoms with E-state index in [9.17, 15) is 8.42 Å². The second kappa shape index (κ2) is 6.27. The first-order valence-corrected chi connectivity index (χ1v) is 8.72.